The summed E-state index contributed by atoms with van der Waals surface area (Å²) in [6.07, 6.45) is -3.27. The molecular formula is C14H14ClF4N3. The van der Waals surface area contributed by atoms with E-state index >= 15 is 0 Å². The second-order valence-corrected chi connectivity index (χ2v) is 4.58. The lowest BCUT2D eigenvalue weighted by Gasteiger charge is -2.09. The predicted molar refractivity (Wildman–Crippen MR) is 77.8 cm³/mol. The highest BCUT2D eigenvalue weighted by molar-refractivity contribution is 6.29. The van der Waals surface area contributed by atoms with E-state index in [0.29, 0.717) is 11.4 Å². The zero-order valence-electron chi connectivity index (χ0n) is 11.9. The largest absolute Gasteiger partial charge is 0.267 e. The molecule has 0 fully saturated rings. The average molecular weight is 336 g/mol. The Morgan fingerprint density at radius 3 is 2.32 bits per heavy atom. The van der Waals surface area contributed by atoms with E-state index < -0.39 is 12.9 Å². The summed E-state index contributed by atoms with van der Waals surface area (Å²) in [4.78, 5) is 3.92. The number of rotatable bonds is 3. The highest BCUT2D eigenvalue weighted by Crippen LogP contribution is 2.26. The van der Waals surface area contributed by atoms with Gasteiger partial charge in [0.1, 0.15) is 5.15 Å². The van der Waals surface area contributed by atoms with Crippen molar-refractivity contribution in [3.05, 3.63) is 46.9 Å². The molecule has 0 aromatic carbocycles. The number of hydrogen-bond acceptors (Lipinski definition) is 2. The summed E-state index contributed by atoms with van der Waals surface area (Å²) in [6, 6.07) is 4.31. The van der Waals surface area contributed by atoms with E-state index in [0.717, 1.165) is 6.92 Å². The molecule has 0 aliphatic rings. The van der Waals surface area contributed by atoms with Gasteiger partial charge in [-0.25, -0.2) is 27.2 Å². The van der Waals surface area contributed by atoms with Gasteiger partial charge in [0, 0.05) is 5.69 Å². The van der Waals surface area contributed by atoms with Crippen molar-refractivity contribution < 1.29 is 17.6 Å². The van der Waals surface area contributed by atoms with Gasteiger partial charge in [0.2, 0.25) is 6.43 Å². The fourth-order valence-corrected chi connectivity index (χ4v) is 1.73. The van der Waals surface area contributed by atoms with Crippen LogP contribution in [-0.2, 0) is 0 Å². The van der Waals surface area contributed by atoms with E-state index in [4.69, 9.17) is 11.6 Å². The molecule has 22 heavy (non-hydrogen) atoms. The predicted octanol–water partition coefficient (Wildman–Crippen LogP) is 5.08. The molecule has 2 rings (SSSR count). The molecule has 2 heterocycles. The molecule has 0 saturated heterocycles. The van der Waals surface area contributed by atoms with Crippen molar-refractivity contribution in [2.45, 2.75) is 26.7 Å². The third-order valence-corrected chi connectivity index (χ3v) is 2.63. The molecule has 0 saturated carbocycles. The minimum Gasteiger partial charge on any atom is -0.219 e. The van der Waals surface area contributed by atoms with E-state index in [2.05, 4.69) is 16.7 Å². The Morgan fingerprint density at radius 2 is 1.86 bits per heavy atom. The number of hydrogen-bond donors (Lipinski definition) is 0. The van der Waals surface area contributed by atoms with Crippen molar-refractivity contribution in [2.75, 3.05) is 0 Å². The molecule has 0 aliphatic heterocycles. The summed E-state index contributed by atoms with van der Waals surface area (Å²) in [5, 5.41) is 4.27. The second-order valence-electron chi connectivity index (χ2n) is 4.19. The molecule has 3 nitrogen and oxygen atoms in total. The Hall–Kier alpha value is -1.89. The Balaban J connectivity index is 0.000000541. The van der Waals surface area contributed by atoms with E-state index in [9.17, 15) is 17.6 Å². The van der Waals surface area contributed by atoms with Crippen LogP contribution in [0.25, 0.3) is 11.9 Å². The van der Waals surface area contributed by atoms with Gasteiger partial charge in [0.05, 0.1) is 11.3 Å². The number of halogens is 5. The first kappa shape index (κ1) is 18.2. The first-order valence-corrected chi connectivity index (χ1v) is 6.56. The minimum absolute atomic E-state index is 0.0445. The van der Waals surface area contributed by atoms with E-state index in [1.807, 2.05) is 0 Å². The third kappa shape index (κ3) is 4.84. The van der Waals surface area contributed by atoms with Gasteiger partial charge in [0.15, 0.2) is 5.82 Å². The number of aryl methyl sites for hydroxylation is 1. The van der Waals surface area contributed by atoms with Gasteiger partial charge in [0.25, 0.3) is 6.43 Å². The Labute approximate surface area is 130 Å². The monoisotopic (exact) mass is 335 g/mol. The van der Waals surface area contributed by atoms with Crippen LogP contribution in [0.15, 0.2) is 24.8 Å². The van der Waals surface area contributed by atoms with Crippen molar-refractivity contribution in [1.29, 1.82) is 0 Å². The Bertz CT molecular complexity index is 638. The molecule has 0 spiro atoms. The van der Waals surface area contributed by atoms with Gasteiger partial charge in [-0.2, -0.15) is 5.10 Å². The Kier molecular flexibility index (Phi) is 6.55. The van der Waals surface area contributed by atoms with Gasteiger partial charge < -0.3 is 0 Å². The first-order chi connectivity index (χ1) is 10.3. The molecule has 0 amide bonds. The topological polar surface area (TPSA) is 30.7 Å². The van der Waals surface area contributed by atoms with Crippen molar-refractivity contribution in [3.8, 4) is 5.82 Å². The van der Waals surface area contributed by atoms with Crippen molar-refractivity contribution >= 4 is 17.7 Å². The van der Waals surface area contributed by atoms with Gasteiger partial charge in [-0.3, -0.25) is 0 Å². The lowest BCUT2D eigenvalue weighted by atomic mass is 10.2. The smallest absolute Gasteiger partial charge is 0.219 e. The minimum atomic E-state index is -2.64. The third-order valence-electron chi connectivity index (χ3n) is 2.42. The van der Waals surface area contributed by atoms with Crippen LogP contribution in [0.4, 0.5) is 17.6 Å². The average Bonchev–Trinajstić information content (AvgIpc) is 2.78. The molecule has 2 aromatic heterocycles. The zero-order valence-corrected chi connectivity index (χ0v) is 12.7. The summed E-state index contributed by atoms with van der Waals surface area (Å²) in [5.41, 5.74) is 1.07. The van der Waals surface area contributed by atoms with Crippen LogP contribution in [0.2, 0.25) is 5.15 Å². The van der Waals surface area contributed by atoms with Crippen molar-refractivity contribution in [2.24, 2.45) is 0 Å². The summed E-state index contributed by atoms with van der Waals surface area (Å²) < 4.78 is 47.8. The van der Waals surface area contributed by atoms with Gasteiger partial charge >= 0.3 is 0 Å². The lowest BCUT2D eigenvalue weighted by molar-refractivity contribution is 0.150. The summed E-state index contributed by atoms with van der Waals surface area (Å²) in [5.74, 6) is 0.0445. The van der Waals surface area contributed by atoms with Crippen LogP contribution >= 0.6 is 11.6 Å². The maximum Gasteiger partial charge on any atom is 0.267 e. The van der Waals surface area contributed by atoms with Gasteiger partial charge in [-0.15, -0.1) is 0 Å². The molecule has 2 aromatic rings. The maximum absolute atomic E-state index is 12.9. The molecule has 0 aliphatic carbocycles. The molecule has 0 N–H and O–H groups in total. The van der Waals surface area contributed by atoms with Crippen LogP contribution in [0, 0.1) is 6.92 Å². The first-order valence-electron chi connectivity index (χ1n) is 6.18. The summed E-state index contributed by atoms with van der Waals surface area (Å²) >= 11 is 5.75. The van der Waals surface area contributed by atoms with E-state index in [1.165, 1.54) is 22.9 Å². The van der Waals surface area contributed by atoms with Crippen molar-refractivity contribution in [3.63, 3.8) is 0 Å². The molecule has 0 radical (unpaired) electrons. The second kappa shape index (κ2) is 7.93. The van der Waals surface area contributed by atoms with Crippen LogP contribution in [0.1, 0.15) is 30.3 Å². The molecule has 8 heteroatoms. The highest BCUT2D eigenvalue weighted by Gasteiger charge is 2.18. The quantitative estimate of drug-likeness (QED) is 0.578. The number of aromatic nitrogens is 3. The molecule has 0 unspecified atom stereocenters. The van der Waals surface area contributed by atoms with Crippen molar-refractivity contribution in [1.82, 2.24) is 14.8 Å². The number of nitrogens with zero attached hydrogens (tertiary/aromatic N) is 3. The number of pyridine rings is 1. The van der Waals surface area contributed by atoms with E-state index in [-0.39, 0.29) is 16.5 Å². The summed E-state index contributed by atoms with van der Waals surface area (Å²) in [6.45, 7) is 6.16. The van der Waals surface area contributed by atoms with Crippen LogP contribution in [0.5, 0.6) is 0 Å². The SMILES string of the molecule is C=Cc1cc(C)n(-c2nc(Cl)ccc2C(F)F)n1.CC(F)F. The van der Waals surface area contributed by atoms with Crippen LogP contribution in [0.3, 0.4) is 0 Å². The Morgan fingerprint density at radius 1 is 1.27 bits per heavy atom. The zero-order chi connectivity index (χ0) is 16.9. The summed E-state index contributed by atoms with van der Waals surface area (Å²) in [7, 11) is 0. The van der Waals surface area contributed by atoms with Crippen LogP contribution < -0.4 is 0 Å². The lowest BCUT2D eigenvalue weighted by Crippen LogP contribution is -2.06. The van der Waals surface area contributed by atoms with E-state index in [1.54, 1.807) is 13.0 Å². The van der Waals surface area contributed by atoms with Crippen LogP contribution in [-0.4, -0.2) is 21.2 Å². The fraction of sp³-hybridized carbons (Fsp3) is 0.286. The van der Waals surface area contributed by atoms with Gasteiger partial charge in [-0.05, 0) is 38.1 Å². The normalized spacial score (nSPS) is 10.6. The van der Waals surface area contributed by atoms with Gasteiger partial charge in [-0.1, -0.05) is 18.2 Å². The number of alkyl halides is 4. The molecule has 120 valence electrons. The molecular weight excluding hydrogens is 322 g/mol. The molecule has 0 bridgehead atoms. The highest BCUT2D eigenvalue weighted by atomic mass is 35.5. The fourth-order valence-electron chi connectivity index (χ4n) is 1.59. The molecule has 0 atom stereocenters. The standard InChI is InChI=1S/C12H10ClF2N3.C2H4F2/c1-3-8-6-7(2)18(17-8)12-9(11(14)15)4-5-10(13)16-12;1-2(3)4/h3-6,11H,1H2,2H3;2H,1H3. The maximum atomic E-state index is 12.9.